The molecule has 0 saturated heterocycles. The van der Waals surface area contributed by atoms with Crippen molar-refractivity contribution in [2.45, 2.75) is 37.5 Å². The lowest BCUT2D eigenvalue weighted by Crippen LogP contribution is -2.15. The number of hydrogen-bond donors (Lipinski definition) is 3. The normalized spacial score (nSPS) is 20.4. The SMILES string of the molecule is O=C(O)c1ccc(Cl)c(Cl)c1C1CCC(c2ccc(O)cc2O)CC1. The van der Waals surface area contributed by atoms with E-state index in [1.165, 1.54) is 18.2 Å². The molecule has 1 aliphatic carbocycles. The molecular formula is C19H18Cl2O4. The molecule has 1 saturated carbocycles. The van der Waals surface area contributed by atoms with Crippen LogP contribution in [-0.4, -0.2) is 21.3 Å². The van der Waals surface area contributed by atoms with Crippen LogP contribution in [0, 0.1) is 0 Å². The van der Waals surface area contributed by atoms with Crippen molar-refractivity contribution < 1.29 is 20.1 Å². The van der Waals surface area contributed by atoms with Crippen molar-refractivity contribution in [3.05, 3.63) is 57.1 Å². The summed E-state index contributed by atoms with van der Waals surface area (Å²) in [5.74, 6) is -0.690. The van der Waals surface area contributed by atoms with E-state index in [0.29, 0.717) is 15.6 Å². The number of carbonyl (C=O) groups is 1. The number of aromatic hydroxyl groups is 2. The van der Waals surface area contributed by atoms with Gasteiger partial charge in [0.15, 0.2) is 0 Å². The molecule has 0 spiro atoms. The summed E-state index contributed by atoms with van der Waals surface area (Å²) in [5.41, 5.74) is 1.62. The lowest BCUT2D eigenvalue weighted by atomic mass is 9.75. The Bertz CT molecular complexity index is 811. The number of benzene rings is 2. The van der Waals surface area contributed by atoms with Crippen molar-refractivity contribution in [2.24, 2.45) is 0 Å². The van der Waals surface area contributed by atoms with Gasteiger partial charge in [0.05, 0.1) is 15.6 Å². The molecule has 0 unspecified atom stereocenters. The van der Waals surface area contributed by atoms with Crippen LogP contribution >= 0.6 is 23.2 Å². The molecule has 4 nitrogen and oxygen atoms in total. The van der Waals surface area contributed by atoms with Crippen LogP contribution in [0.3, 0.4) is 0 Å². The molecule has 3 rings (SSSR count). The van der Waals surface area contributed by atoms with Crippen molar-refractivity contribution in [1.82, 2.24) is 0 Å². The predicted molar refractivity (Wildman–Crippen MR) is 97.1 cm³/mol. The van der Waals surface area contributed by atoms with Gasteiger partial charge in [0.2, 0.25) is 0 Å². The van der Waals surface area contributed by atoms with Gasteiger partial charge in [-0.15, -0.1) is 0 Å². The Morgan fingerprint density at radius 1 is 0.960 bits per heavy atom. The van der Waals surface area contributed by atoms with E-state index in [1.54, 1.807) is 12.1 Å². The molecule has 0 aromatic heterocycles. The minimum Gasteiger partial charge on any atom is -0.508 e. The molecule has 0 bridgehead atoms. The summed E-state index contributed by atoms with van der Waals surface area (Å²) >= 11 is 12.4. The van der Waals surface area contributed by atoms with Crippen molar-refractivity contribution in [2.75, 3.05) is 0 Å². The number of halogens is 2. The molecule has 0 amide bonds. The van der Waals surface area contributed by atoms with Gasteiger partial charge in [-0.1, -0.05) is 29.3 Å². The average molecular weight is 381 g/mol. The van der Waals surface area contributed by atoms with Crippen LogP contribution < -0.4 is 0 Å². The second-order valence-electron chi connectivity index (χ2n) is 6.42. The Labute approximate surface area is 155 Å². The molecule has 0 aliphatic heterocycles. The summed E-state index contributed by atoms with van der Waals surface area (Å²) in [4.78, 5) is 11.5. The number of aromatic carboxylic acids is 1. The Hall–Kier alpha value is -1.91. The Morgan fingerprint density at radius 2 is 1.60 bits per heavy atom. The van der Waals surface area contributed by atoms with Crippen LogP contribution in [0.5, 0.6) is 11.5 Å². The van der Waals surface area contributed by atoms with Crippen LogP contribution in [0.25, 0.3) is 0 Å². The zero-order valence-corrected chi connectivity index (χ0v) is 14.9. The standard InChI is InChI=1S/C19H18Cl2O4/c20-15-8-7-14(19(24)25)17(18(15)21)11-3-1-10(2-4-11)13-6-5-12(22)9-16(13)23/h5-11,22-23H,1-4H2,(H,24,25). The second kappa shape index (κ2) is 7.14. The summed E-state index contributed by atoms with van der Waals surface area (Å²) in [6.07, 6.45) is 3.10. The third kappa shape index (κ3) is 3.55. The smallest absolute Gasteiger partial charge is 0.336 e. The lowest BCUT2D eigenvalue weighted by molar-refractivity contribution is 0.0694. The van der Waals surface area contributed by atoms with E-state index in [4.69, 9.17) is 23.2 Å². The van der Waals surface area contributed by atoms with Crippen molar-refractivity contribution in [3.63, 3.8) is 0 Å². The Balaban J connectivity index is 1.83. The number of phenols is 2. The predicted octanol–water partition coefficient (Wildman–Crippen LogP) is 5.54. The van der Waals surface area contributed by atoms with Crippen LogP contribution in [0.15, 0.2) is 30.3 Å². The number of carboxylic acids is 1. The van der Waals surface area contributed by atoms with Crippen molar-refractivity contribution in [3.8, 4) is 11.5 Å². The van der Waals surface area contributed by atoms with Gasteiger partial charge >= 0.3 is 5.97 Å². The zero-order chi connectivity index (χ0) is 18.1. The minimum absolute atomic E-state index is 0.0211. The number of phenolic OH excluding ortho intramolecular Hbond substituents is 2. The molecule has 132 valence electrons. The van der Waals surface area contributed by atoms with Crippen molar-refractivity contribution >= 4 is 29.2 Å². The van der Waals surface area contributed by atoms with E-state index < -0.39 is 5.97 Å². The molecule has 1 aliphatic rings. The molecule has 25 heavy (non-hydrogen) atoms. The molecule has 0 heterocycles. The Morgan fingerprint density at radius 3 is 2.20 bits per heavy atom. The molecule has 3 N–H and O–H groups in total. The van der Waals surface area contributed by atoms with E-state index in [9.17, 15) is 20.1 Å². The average Bonchev–Trinajstić information content (AvgIpc) is 2.57. The van der Waals surface area contributed by atoms with E-state index >= 15 is 0 Å². The highest BCUT2D eigenvalue weighted by atomic mass is 35.5. The zero-order valence-electron chi connectivity index (χ0n) is 13.4. The van der Waals surface area contributed by atoms with Crippen LogP contribution in [0.1, 0.15) is 59.0 Å². The first-order valence-corrected chi connectivity index (χ1v) is 8.87. The quantitative estimate of drug-likeness (QED) is 0.652. The second-order valence-corrected chi connectivity index (χ2v) is 7.20. The van der Waals surface area contributed by atoms with E-state index in [0.717, 1.165) is 31.2 Å². The van der Waals surface area contributed by atoms with Gasteiger partial charge < -0.3 is 15.3 Å². The maximum absolute atomic E-state index is 11.5. The maximum atomic E-state index is 11.5. The van der Waals surface area contributed by atoms with Gasteiger partial charge in [-0.25, -0.2) is 4.79 Å². The lowest BCUT2D eigenvalue weighted by Gasteiger charge is -2.30. The van der Waals surface area contributed by atoms with E-state index in [2.05, 4.69) is 0 Å². The van der Waals surface area contributed by atoms with Crippen LogP contribution in [-0.2, 0) is 0 Å². The van der Waals surface area contributed by atoms with E-state index in [-0.39, 0.29) is 28.9 Å². The topological polar surface area (TPSA) is 77.8 Å². The van der Waals surface area contributed by atoms with Gasteiger partial charge in [-0.05, 0) is 66.8 Å². The molecule has 2 aromatic carbocycles. The summed E-state index contributed by atoms with van der Waals surface area (Å²) < 4.78 is 0. The molecule has 0 atom stereocenters. The fraction of sp³-hybridized carbons (Fsp3) is 0.316. The molecule has 0 radical (unpaired) electrons. The third-order valence-electron chi connectivity index (χ3n) is 4.95. The minimum atomic E-state index is -1.01. The largest absolute Gasteiger partial charge is 0.508 e. The summed E-state index contributed by atoms with van der Waals surface area (Å²) in [6.45, 7) is 0. The highest BCUT2D eigenvalue weighted by Gasteiger charge is 2.29. The van der Waals surface area contributed by atoms with Gasteiger partial charge in [0.1, 0.15) is 11.5 Å². The first-order valence-electron chi connectivity index (χ1n) is 8.11. The highest BCUT2D eigenvalue weighted by molar-refractivity contribution is 6.42. The van der Waals surface area contributed by atoms with Crippen LogP contribution in [0.4, 0.5) is 0 Å². The summed E-state index contributed by atoms with van der Waals surface area (Å²) in [5, 5.41) is 29.6. The van der Waals surface area contributed by atoms with Gasteiger partial charge in [0, 0.05) is 6.07 Å². The first kappa shape index (κ1) is 17.9. The molecule has 2 aromatic rings. The number of hydrogen-bond acceptors (Lipinski definition) is 3. The number of carboxylic acid groups (broad SMARTS) is 1. The highest BCUT2D eigenvalue weighted by Crippen LogP contribution is 2.46. The van der Waals surface area contributed by atoms with Crippen LogP contribution in [0.2, 0.25) is 10.0 Å². The van der Waals surface area contributed by atoms with Gasteiger partial charge in [-0.2, -0.15) is 0 Å². The fourth-order valence-electron chi connectivity index (χ4n) is 3.72. The first-order chi connectivity index (χ1) is 11.9. The molecular weight excluding hydrogens is 363 g/mol. The fourth-order valence-corrected chi connectivity index (χ4v) is 4.21. The van der Waals surface area contributed by atoms with Gasteiger partial charge in [-0.3, -0.25) is 0 Å². The Kier molecular flexibility index (Phi) is 5.11. The monoisotopic (exact) mass is 380 g/mol. The molecule has 6 heteroatoms. The number of rotatable bonds is 3. The third-order valence-corrected chi connectivity index (χ3v) is 5.77. The van der Waals surface area contributed by atoms with Crippen molar-refractivity contribution in [1.29, 1.82) is 0 Å². The summed E-state index contributed by atoms with van der Waals surface area (Å²) in [7, 11) is 0. The maximum Gasteiger partial charge on any atom is 0.336 e. The summed E-state index contributed by atoms with van der Waals surface area (Å²) in [6, 6.07) is 7.67. The van der Waals surface area contributed by atoms with E-state index in [1.807, 2.05) is 0 Å². The van der Waals surface area contributed by atoms with Gasteiger partial charge in [0.25, 0.3) is 0 Å². The molecule has 1 fully saturated rings.